The van der Waals surface area contributed by atoms with Crippen LogP contribution < -0.4 is 10.6 Å². The van der Waals surface area contributed by atoms with E-state index in [9.17, 15) is 4.79 Å². The Balaban J connectivity index is 2.21. The van der Waals surface area contributed by atoms with Crippen molar-refractivity contribution in [3.8, 4) is 0 Å². The molecule has 0 aromatic rings. The van der Waals surface area contributed by atoms with Crippen molar-refractivity contribution in [1.29, 1.82) is 0 Å². The third-order valence-electron chi connectivity index (χ3n) is 2.99. The second-order valence-electron chi connectivity index (χ2n) is 4.49. The van der Waals surface area contributed by atoms with E-state index in [0.29, 0.717) is 12.6 Å². The van der Waals surface area contributed by atoms with Gasteiger partial charge in [-0.2, -0.15) is 0 Å². The molecule has 16 heavy (non-hydrogen) atoms. The van der Waals surface area contributed by atoms with Crippen molar-refractivity contribution in [2.45, 2.75) is 39.2 Å². The zero-order valence-electron chi connectivity index (χ0n) is 10.6. The maximum absolute atomic E-state index is 11.7. The van der Waals surface area contributed by atoms with Crippen molar-refractivity contribution in [2.24, 2.45) is 0 Å². The average Bonchev–Trinajstić information content (AvgIpc) is 2.15. The SMILES string of the molecule is CCCCNC(=O)CN(CCC)C1CNC1. The largest absolute Gasteiger partial charge is 0.355 e. The molecule has 1 aliphatic rings. The van der Waals surface area contributed by atoms with Crippen LogP contribution in [-0.4, -0.2) is 49.6 Å². The lowest BCUT2D eigenvalue weighted by molar-refractivity contribution is -0.123. The highest BCUT2D eigenvalue weighted by Crippen LogP contribution is 2.05. The van der Waals surface area contributed by atoms with Crippen LogP contribution in [0.25, 0.3) is 0 Å². The molecule has 2 N–H and O–H groups in total. The van der Waals surface area contributed by atoms with Gasteiger partial charge in [-0.15, -0.1) is 0 Å². The van der Waals surface area contributed by atoms with Crippen LogP contribution in [0.1, 0.15) is 33.1 Å². The molecule has 0 saturated carbocycles. The van der Waals surface area contributed by atoms with Crippen LogP contribution in [0, 0.1) is 0 Å². The molecule has 0 aliphatic carbocycles. The number of amides is 1. The Kier molecular flexibility index (Phi) is 6.42. The van der Waals surface area contributed by atoms with Crippen LogP contribution in [0.3, 0.4) is 0 Å². The summed E-state index contributed by atoms with van der Waals surface area (Å²) in [4.78, 5) is 14.0. The van der Waals surface area contributed by atoms with Crippen molar-refractivity contribution in [2.75, 3.05) is 32.7 Å². The molecule has 94 valence electrons. The second-order valence-corrected chi connectivity index (χ2v) is 4.49. The summed E-state index contributed by atoms with van der Waals surface area (Å²) >= 11 is 0. The number of carbonyl (C=O) groups excluding carboxylic acids is 1. The highest BCUT2D eigenvalue weighted by molar-refractivity contribution is 5.78. The molecule has 0 radical (unpaired) electrons. The predicted octanol–water partition coefficient (Wildman–Crippen LogP) is 0.587. The highest BCUT2D eigenvalue weighted by atomic mass is 16.2. The molecule has 1 aliphatic heterocycles. The summed E-state index contributed by atoms with van der Waals surface area (Å²) in [5.41, 5.74) is 0. The summed E-state index contributed by atoms with van der Waals surface area (Å²) in [6.45, 7) is 8.75. The number of nitrogens with zero attached hydrogens (tertiary/aromatic N) is 1. The normalized spacial score (nSPS) is 16.2. The van der Waals surface area contributed by atoms with Crippen molar-refractivity contribution >= 4 is 5.91 Å². The molecule has 0 bridgehead atoms. The third-order valence-corrected chi connectivity index (χ3v) is 2.99. The Bertz CT molecular complexity index is 204. The summed E-state index contributed by atoms with van der Waals surface area (Å²) in [6.07, 6.45) is 3.31. The van der Waals surface area contributed by atoms with Gasteiger partial charge in [0.05, 0.1) is 6.54 Å². The quantitative estimate of drug-likeness (QED) is 0.596. The summed E-state index contributed by atoms with van der Waals surface area (Å²) < 4.78 is 0. The van der Waals surface area contributed by atoms with Gasteiger partial charge in [-0.3, -0.25) is 9.69 Å². The molecule has 1 saturated heterocycles. The molecule has 4 nitrogen and oxygen atoms in total. The lowest BCUT2D eigenvalue weighted by Gasteiger charge is -2.37. The van der Waals surface area contributed by atoms with E-state index in [1.807, 2.05) is 0 Å². The van der Waals surface area contributed by atoms with Gasteiger partial charge in [0.15, 0.2) is 0 Å². The molecule has 1 amide bonds. The van der Waals surface area contributed by atoms with E-state index in [2.05, 4.69) is 29.4 Å². The lowest BCUT2D eigenvalue weighted by Crippen LogP contribution is -2.59. The number of hydrogen-bond donors (Lipinski definition) is 2. The number of rotatable bonds is 8. The second kappa shape index (κ2) is 7.63. The number of nitrogens with one attached hydrogen (secondary N) is 2. The minimum Gasteiger partial charge on any atom is -0.355 e. The van der Waals surface area contributed by atoms with Crippen molar-refractivity contribution in [3.05, 3.63) is 0 Å². The molecule has 0 unspecified atom stereocenters. The van der Waals surface area contributed by atoms with E-state index in [4.69, 9.17) is 0 Å². The molecule has 0 aromatic carbocycles. The highest BCUT2D eigenvalue weighted by Gasteiger charge is 2.25. The Morgan fingerprint density at radius 3 is 2.62 bits per heavy atom. The molecule has 0 spiro atoms. The minimum atomic E-state index is 0.175. The van der Waals surface area contributed by atoms with E-state index in [-0.39, 0.29) is 5.91 Å². The first-order valence-corrected chi connectivity index (χ1v) is 6.49. The first-order valence-electron chi connectivity index (χ1n) is 6.49. The van der Waals surface area contributed by atoms with Gasteiger partial charge in [-0.1, -0.05) is 20.3 Å². The molecule has 0 aromatic heterocycles. The standard InChI is InChI=1S/C12H25N3O/c1-3-5-6-14-12(16)10-15(7-4-2)11-8-13-9-11/h11,13H,3-10H2,1-2H3,(H,14,16). The van der Waals surface area contributed by atoms with E-state index in [0.717, 1.165) is 45.4 Å². The van der Waals surface area contributed by atoms with Crippen LogP contribution in [0.15, 0.2) is 0 Å². The molecule has 0 atom stereocenters. The Hall–Kier alpha value is -0.610. The van der Waals surface area contributed by atoms with Crippen molar-refractivity contribution in [3.63, 3.8) is 0 Å². The summed E-state index contributed by atoms with van der Waals surface area (Å²) in [5.74, 6) is 0.175. The first-order chi connectivity index (χ1) is 7.77. The summed E-state index contributed by atoms with van der Waals surface area (Å²) in [7, 11) is 0. The van der Waals surface area contributed by atoms with Crippen LogP contribution >= 0.6 is 0 Å². The van der Waals surface area contributed by atoms with Crippen LogP contribution in [0.5, 0.6) is 0 Å². The fourth-order valence-corrected chi connectivity index (χ4v) is 1.85. The molecule has 4 heteroatoms. The molecule has 1 heterocycles. The Morgan fingerprint density at radius 1 is 1.38 bits per heavy atom. The van der Waals surface area contributed by atoms with Gasteiger partial charge in [0.2, 0.25) is 5.91 Å². The van der Waals surface area contributed by atoms with E-state index in [1.54, 1.807) is 0 Å². The van der Waals surface area contributed by atoms with Crippen molar-refractivity contribution < 1.29 is 4.79 Å². The van der Waals surface area contributed by atoms with E-state index >= 15 is 0 Å². The van der Waals surface area contributed by atoms with E-state index < -0.39 is 0 Å². The van der Waals surface area contributed by atoms with E-state index in [1.165, 1.54) is 0 Å². The fraction of sp³-hybridized carbons (Fsp3) is 0.917. The maximum atomic E-state index is 11.7. The summed E-state index contributed by atoms with van der Waals surface area (Å²) in [6, 6.07) is 0.567. The van der Waals surface area contributed by atoms with Gasteiger partial charge < -0.3 is 10.6 Å². The first kappa shape index (κ1) is 13.5. The molecular weight excluding hydrogens is 202 g/mol. The molecular formula is C12H25N3O. The van der Waals surface area contributed by atoms with Gasteiger partial charge in [0, 0.05) is 25.7 Å². The number of carbonyl (C=O) groups is 1. The minimum absolute atomic E-state index is 0.175. The maximum Gasteiger partial charge on any atom is 0.234 e. The number of unbranched alkanes of at least 4 members (excludes halogenated alkanes) is 1. The Morgan fingerprint density at radius 2 is 2.12 bits per heavy atom. The van der Waals surface area contributed by atoms with Crippen LogP contribution in [0.2, 0.25) is 0 Å². The van der Waals surface area contributed by atoms with Gasteiger partial charge in [-0.25, -0.2) is 0 Å². The number of hydrogen-bond acceptors (Lipinski definition) is 3. The Labute approximate surface area is 98.8 Å². The van der Waals surface area contributed by atoms with Gasteiger partial charge in [0.1, 0.15) is 0 Å². The zero-order valence-corrected chi connectivity index (χ0v) is 10.6. The van der Waals surface area contributed by atoms with Gasteiger partial charge in [-0.05, 0) is 19.4 Å². The zero-order chi connectivity index (χ0) is 11.8. The average molecular weight is 227 g/mol. The van der Waals surface area contributed by atoms with Crippen molar-refractivity contribution in [1.82, 2.24) is 15.5 Å². The van der Waals surface area contributed by atoms with Gasteiger partial charge in [0.25, 0.3) is 0 Å². The summed E-state index contributed by atoms with van der Waals surface area (Å²) in [5, 5.41) is 6.23. The smallest absolute Gasteiger partial charge is 0.234 e. The third kappa shape index (κ3) is 4.49. The molecule has 1 rings (SSSR count). The van der Waals surface area contributed by atoms with Gasteiger partial charge >= 0.3 is 0 Å². The van der Waals surface area contributed by atoms with Crippen LogP contribution in [-0.2, 0) is 4.79 Å². The van der Waals surface area contributed by atoms with Crippen LogP contribution in [0.4, 0.5) is 0 Å². The topological polar surface area (TPSA) is 44.4 Å². The monoisotopic (exact) mass is 227 g/mol. The molecule has 1 fully saturated rings. The predicted molar refractivity (Wildman–Crippen MR) is 66.4 cm³/mol. The lowest BCUT2D eigenvalue weighted by atomic mass is 10.1. The fourth-order valence-electron chi connectivity index (χ4n) is 1.85.